The van der Waals surface area contributed by atoms with E-state index < -0.39 is 0 Å². The van der Waals surface area contributed by atoms with E-state index >= 15 is 0 Å². The largest absolute Gasteiger partial charge is 0.348 e. The number of fused-ring (bicyclic) bond motifs is 1. The van der Waals surface area contributed by atoms with Crippen LogP contribution in [0.25, 0.3) is 10.9 Å². The molecule has 2 aromatic heterocycles. The van der Waals surface area contributed by atoms with Crippen molar-refractivity contribution >= 4 is 34.5 Å². The third kappa shape index (κ3) is 5.68. The molecule has 1 aliphatic rings. The number of piperidine rings is 1. The number of aromatic amines is 1. The number of H-pyrrole nitrogens is 1. The molecule has 0 saturated carbocycles. The molecule has 0 spiro atoms. The molecule has 1 fully saturated rings. The Bertz CT molecular complexity index is 1380. The van der Waals surface area contributed by atoms with E-state index in [2.05, 4.69) is 27.9 Å². The zero-order chi connectivity index (χ0) is 27.6. The first kappa shape index (κ1) is 28.0. The van der Waals surface area contributed by atoms with E-state index in [1.807, 2.05) is 68.3 Å². The second kappa shape index (κ2) is 11.8. The summed E-state index contributed by atoms with van der Waals surface area (Å²) in [6.07, 6.45) is 3.80. The van der Waals surface area contributed by atoms with Crippen molar-refractivity contribution in [3.8, 4) is 0 Å². The Balaban J connectivity index is 1.56. The molecule has 0 radical (unpaired) electrons. The van der Waals surface area contributed by atoms with Crippen molar-refractivity contribution in [1.82, 2.24) is 24.7 Å². The molecule has 3 aromatic rings. The highest BCUT2D eigenvalue weighted by Crippen LogP contribution is 2.35. The number of thioether (sulfide) groups is 1. The van der Waals surface area contributed by atoms with Crippen LogP contribution in [0.4, 0.5) is 0 Å². The van der Waals surface area contributed by atoms with E-state index in [4.69, 9.17) is 0 Å². The molecule has 1 aromatic carbocycles. The van der Waals surface area contributed by atoms with Crippen molar-refractivity contribution < 1.29 is 9.59 Å². The van der Waals surface area contributed by atoms with Gasteiger partial charge in [0.15, 0.2) is 0 Å². The summed E-state index contributed by atoms with van der Waals surface area (Å²) in [4.78, 5) is 46.3. The molecule has 0 bridgehead atoms. The molecule has 8 nitrogen and oxygen atoms in total. The minimum absolute atomic E-state index is 0.165. The maximum Gasteiger partial charge on any atom is 0.254 e. The molecule has 204 valence electrons. The second-order valence-electron chi connectivity index (χ2n) is 10.6. The van der Waals surface area contributed by atoms with Gasteiger partial charge in [-0.1, -0.05) is 18.2 Å². The third-order valence-electron chi connectivity index (χ3n) is 7.69. The van der Waals surface area contributed by atoms with Gasteiger partial charge < -0.3 is 24.7 Å². The van der Waals surface area contributed by atoms with Crippen molar-refractivity contribution in [2.45, 2.75) is 51.1 Å². The molecule has 0 aliphatic carbocycles. The summed E-state index contributed by atoms with van der Waals surface area (Å²) in [6, 6.07) is 10.1. The molecule has 2 amide bonds. The van der Waals surface area contributed by atoms with E-state index in [1.165, 1.54) is 11.8 Å². The average molecular weight is 538 g/mol. The molecule has 1 atom stereocenters. The lowest BCUT2D eigenvalue weighted by molar-refractivity contribution is -0.133. The number of para-hydroxylation sites is 1. The van der Waals surface area contributed by atoms with Crippen molar-refractivity contribution in [2.24, 2.45) is 5.92 Å². The first-order valence-electron chi connectivity index (χ1n) is 13.2. The quantitative estimate of drug-likeness (QED) is 0.425. The number of nitrogens with one attached hydrogen (secondary N) is 2. The molecule has 4 rings (SSSR count). The summed E-state index contributed by atoms with van der Waals surface area (Å²) in [5.41, 5.74) is 3.81. The number of rotatable bonds is 8. The number of aryl methyl sites for hydroxylation is 1. The number of nitrogens with zero attached hydrogens (tertiary/aromatic N) is 3. The lowest BCUT2D eigenvalue weighted by atomic mass is 9.90. The fraction of sp³-hybridized carbons (Fsp3) is 0.483. The lowest BCUT2D eigenvalue weighted by Gasteiger charge is -2.36. The van der Waals surface area contributed by atoms with Crippen molar-refractivity contribution in [1.29, 1.82) is 0 Å². The number of aromatic nitrogens is 2. The Morgan fingerprint density at radius 1 is 1.18 bits per heavy atom. The molecule has 38 heavy (non-hydrogen) atoms. The number of pyridine rings is 1. The molecular weight excluding hydrogens is 498 g/mol. The molecule has 3 heterocycles. The summed E-state index contributed by atoms with van der Waals surface area (Å²) in [5, 5.41) is 3.93. The third-order valence-corrected chi connectivity index (χ3v) is 8.50. The Morgan fingerprint density at radius 3 is 2.53 bits per heavy atom. The summed E-state index contributed by atoms with van der Waals surface area (Å²) in [6.45, 7) is 8.21. The maximum atomic E-state index is 13.6. The number of likely N-dealkylation sites (tertiary alicyclic amines) is 1. The fourth-order valence-electron chi connectivity index (χ4n) is 5.71. The Morgan fingerprint density at radius 2 is 1.87 bits per heavy atom. The summed E-state index contributed by atoms with van der Waals surface area (Å²) in [5.74, 6) is 0.402. The summed E-state index contributed by atoms with van der Waals surface area (Å²) >= 11 is 1.50. The van der Waals surface area contributed by atoms with Gasteiger partial charge in [0.1, 0.15) is 0 Å². The molecular formula is C29H39N5O3S. The van der Waals surface area contributed by atoms with E-state index in [0.717, 1.165) is 53.1 Å². The van der Waals surface area contributed by atoms with E-state index in [9.17, 15) is 14.4 Å². The van der Waals surface area contributed by atoms with Crippen LogP contribution in [-0.2, 0) is 11.3 Å². The number of benzene rings is 1. The number of carbonyl (C=O) groups is 2. The number of likely N-dealkylation sites (N-methyl/N-ethyl adjacent to an activating group) is 1. The first-order chi connectivity index (χ1) is 18.1. The predicted molar refractivity (Wildman–Crippen MR) is 154 cm³/mol. The van der Waals surface area contributed by atoms with Crippen molar-refractivity contribution in [3.63, 3.8) is 0 Å². The first-order valence-corrected chi connectivity index (χ1v) is 14.4. The molecule has 1 saturated heterocycles. The van der Waals surface area contributed by atoms with Crippen LogP contribution in [0.2, 0.25) is 0 Å². The van der Waals surface area contributed by atoms with E-state index in [1.54, 1.807) is 0 Å². The SMILES string of the molecule is CSc1cc(C)[nH]c(=O)c1CNC(=O)c1c(C)n(C(C)C2CCN(C(=O)CN(C)C)CC2)c2ccccc12. The zero-order valence-corrected chi connectivity index (χ0v) is 24.1. The molecule has 1 aliphatic heterocycles. The van der Waals surface area contributed by atoms with Crippen molar-refractivity contribution in [3.05, 3.63) is 63.2 Å². The summed E-state index contributed by atoms with van der Waals surface area (Å²) < 4.78 is 2.29. The van der Waals surface area contributed by atoms with Crippen LogP contribution in [0.1, 0.15) is 53.1 Å². The second-order valence-corrected chi connectivity index (χ2v) is 11.4. The maximum absolute atomic E-state index is 13.6. The number of amides is 2. The van der Waals surface area contributed by atoms with Crippen LogP contribution in [0.15, 0.2) is 40.0 Å². The highest BCUT2D eigenvalue weighted by Gasteiger charge is 2.30. The van der Waals surface area contributed by atoms with Gasteiger partial charge >= 0.3 is 0 Å². The lowest BCUT2D eigenvalue weighted by Crippen LogP contribution is -2.43. The minimum Gasteiger partial charge on any atom is -0.348 e. The molecule has 2 N–H and O–H groups in total. The van der Waals surface area contributed by atoms with Gasteiger partial charge in [0, 0.05) is 58.4 Å². The highest BCUT2D eigenvalue weighted by atomic mass is 32.2. The Labute approximate surface area is 228 Å². The van der Waals surface area contributed by atoms with Gasteiger partial charge in [0.2, 0.25) is 5.91 Å². The smallest absolute Gasteiger partial charge is 0.254 e. The summed E-state index contributed by atoms with van der Waals surface area (Å²) in [7, 11) is 3.84. The Hall–Kier alpha value is -3.04. The fourth-order valence-corrected chi connectivity index (χ4v) is 6.41. The van der Waals surface area contributed by atoms with Crippen LogP contribution in [0.3, 0.4) is 0 Å². The number of hydrogen-bond acceptors (Lipinski definition) is 5. The number of carbonyl (C=O) groups excluding carboxylic acids is 2. The molecule has 9 heteroatoms. The monoisotopic (exact) mass is 537 g/mol. The van der Waals surface area contributed by atoms with Crippen LogP contribution in [-0.4, -0.2) is 71.2 Å². The van der Waals surface area contributed by atoms with E-state index in [0.29, 0.717) is 23.6 Å². The topological polar surface area (TPSA) is 90.4 Å². The standard InChI is InChI=1S/C29H39N5O3S/c1-18-15-25(38-6)23(28(36)31-18)16-30-29(37)27-20(3)34(24-10-8-7-9-22(24)27)19(2)21-11-13-33(14-12-21)26(35)17-32(4)5/h7-10,15,19,21H,11-14,16-17H2,1-6H3,(H,30,37)(H,31,36). The number of hydrogen-bond donors (Lipinski definition) is 2. The van der Waals surface area contributed by atoms with Gasteiger partial charge in [-0.3, -0.25) is 14.4 Å². The minimum atomic E-state index is -0.180. The van der Waals surface area contributed by atoms with Crippen LogP contribution >= 0.6 is 11.8 Å². The Kier molecular flexibility index (Phi) is 8.67. The van der Waals surface area contributed by atoms with Gasteiger partial charge in [-0.25, -0.2) is 0 Å². The average Bonchev–Trinajstić information content (AvgIpc) is 3.18. The van der Waals surface area contributed by atoms with E-state index in [-0.39, 0.29) is 30.0 Å². The molecule has 1 unspecified atom stereocenters. The van der Waals surface area contributed by atoms with Crippen LogP contribution in [0, 0.1) is 19.8 Å². The van der Waals surface area contributed by atoms with Gasteiger partial charge in [0.25, 0.3) is 11.5 Å². The van der Waals surface area contributed by atoms with Gasteiger partial charge in [-0.2, -0.15) is 0 Å². The van der Waals surface area contributed by atoms with Crippen LogP contribution in [0.5, 0.6) is 0 Å². The van der Waals surface area contributed by atoms with Gasteiger partial charge in [-0.15, -0.1) is 11.8 Å². The normalized spacial score (nSPS) is 15.3. The van der Waals surface area contributed by atoms with Crippen LogP contribution < -0.4 is 10.9 Å². The van der Waals surface area contributed by atoms with Gasteiger partial charge in [-0.05, 0) is 72.0 Å². The van der Waals surface area contributed by atoms with Gasteiger partial charge in [0.05, 0.1) is 12.1 Å². The highest BCUT2D eigenvalue weighted by molar-refractivity contribution is 7.98. The predicted octanol–water partition coefficient (Wildman–Crippen LogP) is 3.96. The zero-order valence-electron chi connectivity index (χ0n) is 23.3. The van der Waals surface area contributed by atoms with Crippen molar-refractivity contribution in [2.75, 3.05) is 40.0 Å².